The fourth-order valence-electron chi connectivity index (χ4n) is 2.14. The maximum absolute atomic E-state index is 6.32. The number of aromatic nitrogens is 3. The standard InChI is InChI=1S/C12H20ClN3O/c1-9(2)6-16-12(14-8-15-16)5-10-7-17-4-3-11(10)13/h8-11H,3-7H2,1-2H3. The van der Waals surface area contributed by atoms with Gasteiger partial charge in [0.1, 0.15) is 12.2 Å². The van der Waals surface area contributed by atoms with Gasteiger partial charge in [-0.25, -0.2) is 9.67 Å². The third-order valence-electron chi connectivity index (χ3n) is 3.06. The predicted molar refractivity (Wildman–Crippen MR) is 67.1 cm³/mol. The number of hydrogen-bond donors (Lipinski definition) is 0. The van der Waals surface area contributed by atoms with Gasteiger partial charge in [-0.15, -0.1) is 11.6 Å². The zero-order valence-electron chi connectivity index (χ0n) is 10.5. The molecule has 1 saturated heterocycles. The minimum Gasteiger partial charge on any atom is -0.381 e. The highest BCUT2D eigenvalue weighted by atomic mass is 35.5. The van der Waals surface area contributed by atoms with Crippen LogP contribution in [0.15, 0.2) is 6.33 Å². The Hall–Kier alpha value is -0.610. The highest BCUT2D eigenvalue weighted by molar-refractivity contribution is 6.20. The number of hydrogen-bond acceptors (Lipinski definition) is 3. The summed E-state index contributed by atoms with van der Waals surface area (Å²) in [6.07, 6.45) is 3.43. The Labute approximate surface area is 107 Å². The maximum Gasteiger partial charge on any atom is 0.138 e. The Balaban J connectivity index is 1.99. The summed E-state index contributed by atoms with van der Waals surface area (Å²) in [7, 11) is 0. The van der Waals surface area contributed by atoms with Gasteiger partial charge in [0.2, 0.25) is 0 Å². The minimum absolute atomic E-state index is 0.202. The van der Waals surface area contributed by atoms with Crippen LogP contribution in [0.5, 0.6) is 0 Å². The van der Waals surface area contributed by atoms with Crippen molar-refractivity contribution in [3.8, 4) is 0 Å². The Bertz CT molecular complexity index is 353. The van der Waals surface area contributed by atoms with Crippen LogP contribution in [0.4, 0.5) is 0 Å². The molecule has 4 nitrogen and oxygen atoms in total. The largest absolute Gasteiger partial charge is 0.381 e. The van der Waals surface area contributed by atoms with E-state index in [0.717, 1.165) is 38.4 Å². The molecule has 2 rings (SSSR count). The van der Waals surface area contributed by atoms with Crippen LogP contribution in [0.2, 0.25) is 0 Å². The number of rotatable bonds is 4. The second-order valence-electron chi connectivity index (χ2n) is 5.10. The Morgan fingerprint density at radius 1 is 1.59 bits per heavy atom. The van der Waals surface area contributed by atoms with Crippen molar-refractivity contribution in [3.63, 3.8) is 0 Å². The highest BCUT2D eigenvalue weighted by Crippen LogP contribution is 2.23. The summed E-state index contributed by atoms with van der Waals surface area (Å²) in [4.78, 5) is 4.34. The summed E-state index contributed by atoms with van der Waals surface area (Å²) in [5.41, 5.74) is 0. The molecule has 0 aliphatic carbocycles. The topological polar surface area (TPSA) is 39.9 Å². The fourth-order valence-corrected chi connectivity index (χ4v) is 2.39. The third-order valence-corrected chi connectivity index (χ3v) is 3.63. The number of halogens is 1. The molecular formula is C12H20ClN3O. The van der Waals surface area contributed by atoms with E-state index in [9.17, 15) is 0 Å². The quantitative estimate of drug-likeness (QED) is 0.776. The third kappa shape index (κ3) is 3.42. The lowest BCUT2D eigenvalue weighted by Gasteiger charge is -2.26. The molecule has 0 spiro atoms. The first kappa shape index (κ1) is 12.8. The summed E-state index contributed by atoms with van der Waals surface area (Å²) in [5, 5.41) is 4.47. The molecule has 1 aliphatic heterocycles. The smallest absolute Gasteiger partial charge is 0.138 e. The summed E-state index contributed by atoms with van der Waals surface area (Å²) < 4.78 is 7.47. The molecule has 2 atom stereocenters. The molecule has 0 amide bonds. The Morgan fingerprint density at radius 2 is 2.41 bits per heavy atom. The van der Waals surface area contributed by atoms with E-state index in [-0.39, 0.29) is 5.38 Å². The van der Waals surface area contributed by atoms with Crippen molar-refractivity contribution in [3.05, 3.63) is 12.2 Å². The van der Waals surface area contributed by atoms with Crippen molar-refractivity contribution >= 4 is 11.6 Å². The van der Waals surface area contributed by atoms with Gasteiger partial charge in [0, 0.05) is 30.9 Å². The second kappa shape index (κ2) is 5.83. The lowest BCUT2D eigenvalue weighted by atomic mass is 9.97. The molecule has 1 aromatic heterocycles. The van der Waals surface area contributed by atoms with E-state index in [2.05, 4.69) is 23.9 Å². The molecule has 17 heavy (non-hydrogen) atoms. The van der Waals surface area contributed by atoms with E-state index in [4.69, 9.17) is 16.3 Å². The van der Waals surface area contributed by atoms with Crippen molar-refractivity contribution < 1.29 is 4.74 Å². The van der Waals surface area contributed by atoms with Crippen LogP contribution in [0.25, 0.3) is 0 Å². The predicted octanol–water partition coefficient (Wildman–Crippen LogP) is 2.12. The zero-order valence-corrected chi connectivity index (χ0v) is 11.2. The SMILES string of the molecule is CC(C)Cn1ncnc1CC1COCCC1Cl. The van der Waals surface area contributed by atoms with Gasteiger partial charge in [0.15, 0.2) is 0 Å². The normalized spacial score (nSPS) is 25.4. The van der Waals surface area contributed by atoms with Crippen molar-refractivity contribution in [1.29, 1.82) is 0 Å². The lowest BCUT2D eigenvalue weighted by Crippen LogP contribution is -2.30. The molecule has 1 fully saturated rings. The summed E-state index contributed by atoms with van der Waals surface area (Å²) in [6.45, 7) is 6.79. The lowest BCUT2D eigenvalue weighted by molar-refractivity contribution is 0.0566. The summed E-state index contributed by atoms with van der Waals surface area (Å²) >= 11 is 6.32. The van der Waals surface area contributed by atoms with Crippen molar-refractivity contribution in [1.82, 2.24) is 14.8 Å². The van der Waals surface area contributed by atoms with Gasteiger partial charge in [-0.05, 0) is 12.3 Å². The molecule has 96 valence electrons. The maximum atomic E-state index is 6.32. The Morgan fingerprint density at radius 3 is 3.12 bits per heavy atom. The van der Waals surface area contributed by atoms with Gasteiger partial charge in [0.25, 0.3) is 0 Å². The monoisotopic (exact) mass is 257 g/mol. The van der Waals surface area contributed by atoms with E-state index in [1.54, 1.807) is 6.33 Å². The molecule has 0 aromatic carbocycles. The van der Waals surface area contributed by atoms with Crippen molar-refractivity contribution in [2.75, 3.05) is 13.2 Å². The van der Waals surface area contributed by atoms with Crippen LogP contribution in [0.1, 0.15) is 26.1 Å². The highest BCUT2D eigenvalue weighted by Gasteiger charge is 2.25. The average molecular weight is 258 g/mol. The first-order chi connectivity index (χ1) is 8.16. The van der Waals surface area contributed by atoms with Gasteiger partial charge < -0.3 is 4.74 Å². The molecule has 2 unspecified atom stereocenters. The molecule has 1 aromatic rings. The van der Waals surface area contributed by atoms with Gasteiger partial charge in [-0.3, -0.25) is 0 Å². The number of ether oxygens (including phenoxy) is 1. The van der Waals surface area contributed by atoms with Crippen LogP contribution >= 0.6 is 11.6 Å². The van der Waals surface area contributed by atoms with Crippen LogP contribution in [-0.4, -0.2) is 33.4 Å². The van der Waals surface area contributed by atoms with E-state index >= 15 is 0 Å². The molecule has 1 aliphatic rings. The van der Waals surface area contributed by atoms with Crippen LogP contribution in [-0.2, 0) is 17.7 Å². The molecule has 0 N–H and O–H groups in total. The van der Waals surface area contributed by atoms with Gasteiger partial charge in [-0.2, -0.15) is 5.10 Å². The number of alkyl halides is 1. The van der Waals surface area contributed by atoms with Gasteiger partial charge in [0.05, 0.1) is 6.61 Å². The summed E-state index contributed by atoms with van der Waals surface area (Å²) in [6, 6.07) is 0. The minimum atomic E-state index is 0.202. The van der Waals surface area contributed by atoms with Crippen molar-refractivity contribution in [2.45, 2.75) is 38.6 Å². The first-order valence-corrected chi connectivity index (χ1v) is 6.69. The second-order valence-corrected chi connectivity index (χ2v) is 5.66. The zero-order chi connectivity index (χ0) is 12.3. The van der Waals surface area contributed by atoms with Crippen LogP contribution in [0.3, 0.4) is 0 Å². The molecular weight excluding hydrogens is 238 g/mol. The van der Waals surface area contributed by atoms with E-state index < -0.39 is 0 Å². The molecule has 0 radical (unpaired) electrons. The van der Waals surface area contributed by atoms with E-state index in [1.807, 2.05) is 4.68 Å². The number of nitrogens with zero attached hydrogens (tertiary/aromatic N) is 3. The molecule has 2 heterocycles. The van der Waals surface area contributed by atoms with Crippen LogP contribution < -0.4 is 0 Å². The molecule has 0 saturated carbocycles. The van der Waals surface area contributed by atoms with Crippen molar-refractivity contribution in [2.24, 2.45) is 11.8 Å². The fraction of sp³-hybridized carbons (Fsp3) is 0.833. The van der Waals surface area contributed by atoms with Gasteiger partial charge in [-0.1, -0.05) is 13.8 Å². The first-order valence-electron chi connectivity index (χ1n) is 6.25. The van der Waals surface area contributed by atoms with E-state index in [0.29, 0.717) is 11.8 Å². The average Bonchev–Trinajstić information content (AvgIpc) is 2.68. The summed E-state index contributed by atoms with van der Waals surface area (Å²) in [5.74, 6) is 1.96. The van der Waals surface area contributed by atoms with E-state index in [1.165, 1.54) is 0 Å². The molecule has 0 bridgehead atoms. The van der Waals surface area contributed by atoms with Gasteiger partial charge >= 0.3 is 0 Å². The molecule has 5 heteroatoms. The van der Waals surface area contributed by atoms with Crippen LogP contribution in [0, 0.1) is 11.8 Å². The Kier molecular flexibility index (Phi) is 4.40.